The summed E-state index contributed by atoms with van der Waals surface area (Å²) in [5.41, 5.74) is 0.669. The fraction of sp³-hybridized carbons (Fsp3) is 0.500. The Hall–Kier alpha value is -2.15. The van der Waals surface area contributed by atoms with E-state index in [0.29, 0.717) is 24.5 Å². The second-order valence-electron chi connectivity index (χ2n) is 5.54. The zero-order valence-corrected chi connectivity index (χ0v) is 12.7. The Morgan fingerprint density at radius 2 is 2.14 bits per heavy atom. The molecule has 0 saturated heterocycles. The van der Waals surface area contributed by atoms with Gasteiger partial charge in [-0.25, -0.2) is 14.3 Å². The number of rotatable bonds is 4. The average Bonchev–Trinajstić information content (AvgIpc) is 2.86. The summed E-state index contributed by atoms with van der Waals surface area (Å²) in [5.74, 6) is 0. The molecular weight excluding hydrogens is 272 g/mol. The number of hydrogen-bond acceptors (Lipinski definition) is 5. The second kappa shape index (κ2) is 6.09. The van der Waals surface area contributed by atoms with E-state index in [-0.39, 0.29) is 0 Å². The summed E-state index contributed by atoms with van der Waals surface area (Å²) < 4.78 is 12.1. The Kier molecular flexibility index (Phi) is 4.42. The van der Waals surface area contributed by atoms with Crippen LogP contribution in [0.1, 0.15) is 20.8 Å². The standard InChI is InChI=1S/C14H20N4O3/c1-14(2,3)21-13(19)17(9-10-20-4)11-5-6-16-18-8-7-15-12(11)18/h5-8H,9-10H2,1-4H3. The predicted molar refractivity (Wildman–Crippen MR) is 78.4 cm³/mol. The number of amides is 1. The molecule has 0 aliphatic rings. The first kappa shape index (κ1) is 15.2. The van der Waals surface area contributed by atoms with Gasteiger partial charge in [0.1, 0.15) is 5.60 Å². The number of methoxy groups -OCH3 is 1. The summed E-state index contributed by atoms with van der Waals surface area (Å²) in [6.07, 6.45) is 4.54. The number of anilines is 1. The van der Waals surface area contributed by atoms with Gasteiger partial charge in [0.05, 0.1) is 25.0 Å². The molecule has 0 N–H and O–H groups in total. The van der Waals surface area contributed by atoms with Crippen molar-refractivity contribution in [1.29, 1.82) is 0 Å². The molecule has 21 heavy (non-hydrogen) atoms. The van der Waals surface area contributed by atoms with Crippen LogP contribution in [0.4, 0.5) is 10.5 Å². The van der Waals surface area contributed by atoms with Crippen molar-refractivity contribution < 1.29 is 14.3 Å². The van der Waals surface area contributed by atoms with E-state index in [1.807, 2.05) is 20.8 Å². The molecule has 7 heteroatoms. The highest BCUT2D eigenvalue weighted by atomic mass is 16.6. The van der Waals surface area contributed by atoms with Gasteiger partial charge < -0.3 is 9.47 Å². The predicted octanol–water partition coefficient (Wildman–Crippen LogP) is 2.12. The van der Waals surface area contributed by atoms with E-state index in [1.165, 1.54) is 4.90 Å². The van der Waals surface area contributed by atoms with Crippen molar-refractivity contribution in [1.82, 2.24) is 14.6 Å². The van der Waals surface area contributed by atoms with Gasteiger partial charge in [-0.2, -0.15) is 5.10 Å². The Morgan fingerprint density at radius 1 is 1.38 bits per heavy atom. The van der Waals surface area contributed by atoms with Gasteiger partial charge in [-0.3, -0.25) is 4.90 Å². The van der Waals surface area contributed by atoms with Crippen molar-refractivity contribution in [2.24, 2.45) is 0 Å². The molecule has 2 aromatic rings. The van der Waals surface area contributed by atoms with Crippen LogP contribution in [0.2, 0.25) is 0 Å². The third-order valence-corrected chi connectivity index (χ3v) is 2.70. The maximum absolute atomic E-state index is 12.4. The Balaban J connectivity index is 2.35. The maximum Gasteiger partial charge on any atom is 0.415 e. The van der Waals surface area contributed by atoms with E-state index in [2.05, 4.69) is 10.1 Å². The molecular formula is C14H20N4O3. The van der Waals surface area contributed by atoms with E-state index in [0.717, 1.165) is 0 Å². The second-order valence-corrected chi connectivity index (χ2v) is 5.54. The van der Waals surface area contributed by atoms with Gasteiger partial charge in [-0.1, -0.05) is 0 Å². The molecule has 0 aromatic carbocycles. The Labute approximate surface area is 123 Å². The SMILES string of the molecule is COCCN(C(=O)OC(C)(C)C)c1ccnn2ccnc12. The summed E-state index contributed by atoms with van der Waals surface area (Å²) in [7, 11) is 1.59. The van der Waals surface area contributed by atoms with Gasteiger partial charge in [0.2, 0.25) is 0 Å². The Morgan fingerprint density at radius 3 is 2.81 bits per heavy atom. The Bertz CT molecular complexity index is 618. The zero-order valence-electron chi connectivity index (χ0n) is 12.7. The van der Waals surface area contributed by atoms with Gasteiger partial charge in [0.25, 0.3) is 0 Å². The first-order valence-corrected chi connectivity index (χ1v) is 6.70. The molecule has 2 aromatic heterocycles. The largest absolute Gasteiger partial charge is 0.443 e. The van der Waals surface area contributed by atoms with Crippen LogP contribution in [-0.4, -0.2) is 46.6 Å². The number of ether oxygens (including phenoxy) is 2. The molecule has 0 aliphatic heterocycles. The third kappa shape index (κ3) is 3.69. The number of nitrogens with zero attached hydrogens (tertiary/aromatic N) is 4. The number of fused-ring (bicyclic) bond motifs is 1. The van der Waals surface area contributed by atoms with E-state index < -0.39 is 11.7 Å². The lowest BCUT2D eigenvalue weighted by molar-refractivity contribution is 0.0569. The van der Waals surface area contributed by atoms with Gasteiger partial charge >= 0.3 is 6.09 Å². The number of carbonyl (C=O) groups excluding carboxylic acids is 1. The molecule has 0 fully saturated rings. The van der Waals surface area contributed by atoms with Crippen LogP contribution in [0.15, 0.2) is 24.7 Å². The molecule has 0 radical (unpaired) electrons. The van der Waals surface area contributed by atoms with Crippen molar-refractivity contribution in [2.75, 3.05) is 25.2 Å². The average molecular weight is 292 g/mol. The summed E-state index contributed by atoms with van der Waals surface area (Å²) >= 11 is 0. The highest BCUT2D eigenvalue weighted by molar-refractivity contribution is 5.92. The summed E-state index contributed by atoms with van der Waals surface area (Å²) in [5, 5.41) is 4.14. The van der Waals surface area contributed by atoms with E-state index in [9.17, 15) is 4.79 Å². The lowest BCUT2D eigenvalue weighted by Gasteiger charge is -2.27. The summed E-state index contributed by atoms with van der Waals surface area (Å²) in [4.78, 5) is 18.2. The maximum atomic E-state index is 12.4. The molecule has 0 spiro atoms. The smallest absolute Gasteiger partial charge is 0.415 e. The minimum Gasteiger partial charge on any atom is -0.443 e. The van der Waals surface area contributed by atoms with Crippen LogP contribution in [0, 0.1) is 0 Å². The van der Waals surface area contributed by atoms with Crippen molar-refractivity contribution in [3.05, 3.63) is 24.7 Å². The first-order chi connectivity index (χ1) is 9.92. The van der Waals surface area contributed by atoms with Crippen molar-refractivity contribution in [3.63, 3.8) is 0 Å². The minimum atomic E-state index is -0.568. The molecule has 0 aliphatic carbocycles. The van der Waals surface area contributed by atoms with E-state index in [4.69, 9.17) is 9.47 Å². The van der Waals surface area contributed by atoms with Gasteiger partial charge in [0.15, 0.2) is 5.65 Å². The number of imidazole rings is 1. The van der Waals surface area contributed by atoms with Crippen molar-refractivity contribution in [2.45, 2.75) is 26.4 Å². The molecule has 1 amide bonds. The summed E-state index contributed by atoms with van der Waals surface area (Å²) in [6, 6.07) is 1.74. The van der Waals surface area contributed by atoms with Gasteiger partial charge in [-0.05, 0) is 26.8 Å². The monoisotopic (exact) mass is 292 g/mol. The van der Waals surface area contributed by atoms with E-state index in [1.54, 1.807) is 36.3 Å². The van der Waals surface area contributed by atoms with Crippen LogP contribution < -0.4 is 4.90 Å². The van der Waals surface area contributed by atoms with Gasteiger partial charge in [0, 0.05) is 19.5 Å². The number of carbonyl (C=O) groups is 1. The van der Waals surface area contributed by atoms with Crippen LogP contribution in [0.25, 0.3) is 5.65 Å². The van der Waals surface area contributed by atoms with Gasteiger partial charge in [-0.15, -0.1) is 0 Å². The van der Waals surface area contributed by atoms with Crippen molar-refractivity contribution in [3.8, 4) is 0 Å². The van der Waals surface area contributed by atoms with Crippen LogP contribution >= 0.6 is 0 Å². The fourth-order valence-corrected chi connectivity index (χ4v) is 1.84. The van der Waals surface area contributed by atoms with Crippen molar-refractivity contribution >= 4 is 17.4 Å². The first-order valence-electron chi connectivity index (χ1n) is 6.70. The third-order valence-electron chi connectivity index (χ3n) is 2.70. The molecule has 2 heterocycles. The van der Waals surface area contributed by atoms with E-state index >= 15 is 0 Å². The van der Waals surface area contributed by atoms with Crippen LogP contribution in [0.3, 0.4) is 0 Å². The van der Waals surface area contributed by atoms with Crippen LogP contribution in [0.5, 0.6) is 0 Å². The highest BCUT2D eigenvalue weighted by Crippen LogP contribution is 2.21. The molecule has 0 unspecified atom stereocenters. The minimum absolute atomic E-state index is 0.373. The molecule has 7 nitrogen and oxygen atoms in total. The molecule has 0 atom stereocenters. The number of hydrogen-bond donors (Lipinski definition) is 0. The quantitative estimate of drug-likeness (QED) is 0.863. The fourth-order valence-electron chi connectivity index (χ4n) is 1.84. The summed E-state index contributed by atoms with van der Waals surface area (Å²) in [6.45, 7) is 6.26. The lowest BCUT2D eigenvalue weighted by atomic mass is 10.2. The normalized spacial score (nSPS) is 11.6. The molecule has 0 saturated carbocycles. The molecule has 2 rings (SSSR count). The molecule has 114 valence electrons. The van der Waals surface area contributed by atoms with Crippen LogP contribution in [-0.2, 0) is 9.47 Å². The molecule has 0 bridgehead atoms. The lowest BCUT2D eigenvalue weighted by Crippen LogP contribution is -2.39. The topological polar surface area (TPSA) is 69.0 Å². The zero-order chi connectivity index (χ0) is 15.5. The highest BCUT2D eigenvalue weighted by Gasteiger charge is 2.25. The number of aromatic nitrogens is 3.